The van der Waals surface area contributed by atoms with Crippen LogP contribution in [0.1, 0.15) is 31.1 Å². The van der Waals surface area contributed by atoms with Crippen molar-refractivity contribution in [2.75, 3.05) is 5.32 Å². The number of thioether (sulfide) groups is 1. The SMILES string of the molecule is CC(C)NC(=O)c1ccc2c(c1)NC(=O)C(C)S2. The van der Waals surface area contributed by atoms with Gasteiger partial charge in [0.1, 0.15) is 0 Å². The first-order valence-corrected chi connectivity index (χ1v) is 6.78. The fourth-order valence-electron chi connectivity index (χ4n) is 1.70. The molecule has 4 nitrogen and oxygen atoms in total. The molecule has 0 aliphatic carbocycles. The Morgan fingerprint density at radius 1 is 1.44 bits per heavy atom. The molecule has 1 aromatic carbocycles. The average molecular weight is 264 g/mol. The number of carbonyl (C=O) groups excluding carboxylic acids is 2. The van der Waals surface area contributed by atoms with E-state index in [4.69, 9.17) is 0 Å². The lowest BCUT2D eigenvalue weighted by Crippen LogP contribution is -2.31. The average Bonchev–Trinajstić information content (AvgIpc) is 2.29. The van der Waals surface area contributed by atoms with Gasteiger partial charge >= 0.3 is 0 Å². The van der Waals surface area contributed by atoms with E-state index in [1.165, 1.54) is 11.8 Å². The lowest BCUT2D eigenvalue weighted by molar-refractivity contribution is -0.115. The van der Waals surface area contributed by atoms with Gasteiger partial charge in [0, 0.05) is 16.5 Å². The van der Waals surface area contributed by atoms with Gasteiger partial charge in [0.05, 0.1) is 10.9 Å². The van der Waals surface area contributed by atoms with E-state index in [1.807, 2.05) is 26.8 Å². The molecule has 0 saturated heterocycles. The molecule has 1 heterocycles. The summed E-state index contributed by atoms with van der Waals surface area (Å²) in [5.41, 5.74) is 1.29. The third-order valence-electron chi connectivity index (χ3n) is 2.59. The maximum absolute atomic E-state index is 11.9. The summed E-state index contributed by atoms with van der Waals surface area (Å²) in [5.74, 6) is -0.139. The van der Waals surface area contributed by atoms with E-state index in [0.717, 1.165) is 10.6 Å². The van der Waals surface area contributed by atoms with Gasteiger partial charge in [-0.05, 0) is 39.0 Å². The summed E-state index contributed by atoms with van der Waals surface area (Å²) in [5, 5.41) is 5.56. The summed E-state index contributed by atoms with van der Waals surface area (Å²) in [4.78, 5) is 24.4. The predicted octanol–water partition coefficient (Wildman–Crippen LogP) is 2.26. The molecule has 2 rings (SSSR count). The Balaban J connectivity index is 2.25. The molecular formula is C13H16N2O2S. The molecule has 0 spiro atoms. The van der Waals surface area contributed by atoms with Crippen molar-refractivity contribution in [3.05, 3.63) is 23.8 Å². The zero-order chi connectivity index (χ0) is 13.3. The Kier molecular flexibility index (Phi) is 3.61. The first kappa shape index (κ1) is 13.0. The van der Waals surface area contributed by atoms with Gasteiger partial charge in [-0.2, -0.15) is 0 Å². The van der Waals surface area contributed by atoms with Crippen LogP contribution in [0.3, 0.4) is 0 Å². The smallest absolute Gasteiger partial charge is 0.251 e. The van der Waals surface area contributed by atoms with Crippen LogP contribution in [0, 0.1) is 0 Å². The summed E-state index contributed by atoms with van der Waals surface area (Å²) in [7, 11) is 0. The van der Waals surface area contributed by atoms with Gasteiger partial charge in [0.25, 0.3) is 5.91 Å². The molecule has 0 aromatic heterocycles. The molecule has 96 valence electrons. The molecule has 0 fully saturated rings. The number of amides is 2. The summed E-state index contributed by atoms with van der Waals surface area (Å²) in [6.07, 6.45) is 0. The Labute approximate surface area is 111 Å². The minimum atomic E-state index is -0.120. The van der Waals surface area contributed by atoms with Crippen LogP contribution in [-0.2, 0) is 4.79 Å². The van der Waals surface area contributed by atoms with Crippen LogP contribution < -0.4 is 10.6 Å². The Hall–Kier alpha value is -1.49. The molecule has 1 aliphatic heterocycles. The number of fused-ring (bicyclic) bond motifs is 1. The monoisotopic (exact) mass is 264 g/mol. The van der Waals surface area contributed by atoms with E-state index in [9.17, 15) is 9.59 Å². The molecule has 2 amide bonds. The van der Waals surface area contributed by atoms with Crippen molar-refractivity contribution in [2.45, 2.75) is 37.0 Å². The second-order valence-electron chi connectivity index (χ2n) is 4.59. The molecule has 0 bridgehead atoms. The molecule has 1 aliphatic rings. The zero-order valence-electron chi connectivity index (χ0n) is 10.6. The predicted molar refractivity (Wildman–Crippen MR) is 73.0 cm³/mol. The van der Waals surface area contributed by atoms with Gasteiger partial charge < -0.3 is 10.6 Å². The van der Waals surface area contributed by atoms with Crippen LogP contribution in [0.15, 0.2) is 23.1 Å². The Bertz CT molecular complexity index is 500. The topological polar surface area (TPSA) is 58.2 Å². The fourth-order valence-corrected chi connectivity index (χ4v) is 2.63. The molecule has 1 atom stereocenters. The van der Waals surface area contributed by atoms with Gasteiger partial charge in [-0.15, -0.1) is 11.8 Å². The number of benzene rings is 1. The van der Waals surface area contributed by atoms with Crippen molar-refractivity contribution >= 4 is 29.3 Å². The van der Waals surface area contributed by atoms with Crippen LogP contribution in [0.5, 0.6) is 0 Å². The zero-order valence-corrected chi connectivity index (χ0v) is 11.4. The molecule has 18 heavy (non-hydrogen) atoms. The highest BCUT2D eigenvalue weighted by atomic mass is 32.2. The minimum absolute atomic E-state index is 0.0195. The van der Waals surface area contributed by atoms with Gasteiger partial charge in [-0.25, -0.2) is 0 Å². The maximum atomic E-state index is 11.9. The quantitative estimate of drug-likeness (QED) is 0.861. The van der Waals surface area contributed by atoms with E-state index in [2.05, 4.69) is 10.6 Å². The molecule has 1 unspecified atom stereocenters. The van der Waals surface area contributed by atoms with Gasteiger partial charge in [0.2, 0.25) is 5.91 Å². The second kappa shape index (κ2) is 5.02. The largest absolute Gasteiger partial charge is 0.350 e. The van der Waals surface area contributed by atoms with Crippen molar-refractivity contribution in [1.82, 2.24) is 5.32 Å². The van der Waals surface area contributed by atoms with Crippen molar-refractivity contribution in [3.8, 4) is 0 Å². The van der Waals surface area contributed by atoms with Gasteiger partial charge in [-0.3, -0.25) is 9.59 Å². The van der Waals surface area contributed by atoms with E-state index in [1.54, 1.807) is 12.1 Å². The number of carbonyl (C=O) groups is 2. The summed E-state index contributed by atoms with van der Waals surface area (Å²) < 4.78 is 0. The molecule has 0 saturated carbocycles. The van der Waals surface area contributed by atoms with Crippen LogP contribution in [0.25, 0.3) is 0 Å². The summed E-state index contributed by atoms with van der Waals surface area (Å²) >= 11 is 1.51. The third kappa shape index (κ3) is 2.67. The lowest BCUT2D eigenvalue weighted by atomic mass is 10.1. The van der Waals surface area contributed by atoms with Crippen LogP contribution in [0.2, 0.25) is 0 Å². The Morgan fingerprint density at radius 2 is 2.17 bits per heavy atom. The van der Waals surface area contributed by atoms with E-state index >= 15 is 0 Å². The minimum Gasteiger partial charge on any atom is -0.350 e. The number of rotatable bonds is 2. The number of hydrogen-bond acceptors (Lipinski definition) is 3. The van der Waals surface area contributed by atoms with Crippen molar-refractivity contribution < 1.29 is 9.59 Å². The Morgan fingerprint density at radius 3 is 2.83 bits per heavy atom. The van der Waals surface area contributed by atoms with Crippen molar-refractivity contribution in [2.24, 2.45) is 0 Å². The molecule has 5 heteroatoms. The van der Waals surface area contributed by atoms with E-state index in [-0.39, 0.29) is 23.1 Å². The second-order valence-corrected chi connectivity index (χ2v) is 5.97. The molecule has 0 radical (unpaired) electrons. The normalized spacial score (nSPS) is 18.2. The lowest BCUT2D eigenvalue weighted by Gasteiger charge is -2.21. The first-order valence-electron chi connectivity index (χ1n) is 5.90. The number of nitrogens with one attached hydrogen (secondary N) is 2. The van der Waals surface area contributed by atoms with Crippen LogP contribution in [0.4, 0.5) is 5.69 Å². The van der Waals surface area contributed by atoms with E-state index < -0.39 is 0 Å². The van der Waals surface area contributed by atoms with Gasteiger partial charge in [0.15, 0.2) is 0 Å². The number of anilines is 1. The van der Waals surface area contributed by atoms with Crippen molar-refractivity contribution in [3.63, 3.8) is 0 Å². The number of hydrogen-bond donors (Lipinski definition) is 2. The van der Waals surface area contributed by atoms with Crippen LogP contribution in [-0.4, -0.2) is 23.1 Å². The van der Waals surface area contributed by atoms with E-state index in [0.29, 0.717) is 5.56 Å². The highest BCUT2D eigenvalue weighted by Crippen LogP contribution is 2.35. The maximum Gasteiger partial charge on any atom is 0.251 e. The van der Waals surface area contributed by atoms with Crippen molar-refractivity contribution in [1.29, 1.82) is 0 Å². The third-order valence-corrected chi connectivity index (χ3v) is 3.77. The fraction of sp³-hybridized carbons (Fsp3) is 0.385. The molecular weight excluding hydrogens is 248 g/mol. The first-order chi connectivity index (χ1) is 8.47. The highest BCUT2D eigenvalue weighted by Gasteiger charge is 2.23. The summed E-state index contributed by atoms with van der Waals surface area (Å²) in [6.45, 7) is 5.69. The molecule has 1 aromatic rings. The standard InChI is InChI=1S/C13H16N2O2S/c1-7(2)14-13(17)9-4-5-11-10(6-9)15-12(16)8(3)18-11/h4-8H,1-3H3,(H,14,17)(H,15,16). The molecule has 2 N–H and O–H groups in total. The highest BCUT2D eigenvalue weighted by molar-refractivity contribution is 8.00. The summed E-state index contributed by atoms with van der Waals surface area (Å²) in [6, 6.07) is 5.49. The van der Waals surface area contributed by atoms with Crippen LogP contribution >= 0.6 is 11.8 Å². The van der Waals surface area contributed by atoms with Gasteiger partial charge in [-0.1, -0.05) is 0 Å².